The van der Waals surface area contributed by atoms with E-state index in [0.717, 1.165) is 12.3 Å². The van der Waals surface area contributed by atoms with Crippen molar-refractivity contribution in [1.82, 2.24) is 14.0 Å². The van der Waals surface area contributed by atoms with E-state index in [0.29, 0.717) is 37.0 Å². The van der Waals surface area contributed by atoms with E-state index in [9.17, 15) is 22.8 Å². The first kappa shape index (κ1) is 26.4. The van der Waals surface area contributed by atoms with Crippen LogP contribution in [0.3, 0.4) is 0 Å². The fourth-order valence-electron chi connectivity index (χ4n) is 4.33. The zero-order chi connectivity index (χ0) is 26.6. The summed E-state index contributed by atoms with van der Waals surface area (Å²) < 4.78 is 47.7. The minimum atomic E-state index is -3.36. The van der Waals surface area contributed by atoms with Gasteiger partial charge in [0.2, 0.25) is 10.0 Å². The van der Waals surface area contributed by atoms with Crippen molar-refractivity contribution in [2.45, 2.75) is 51.7 Å². The van der Waals surface area contributed by atoms with Crippen LogP contribution in [0.2, 0.25) is 5.02 Å². The van der Waals surface area contributed by atoms with E-state index in [-0.39, 0.29) is 40.1 Å². The van der Waals surface area contributed by atoms with Crippen LogP contribution < -0.4 is 26.3 Å². The van der Waals surface area contributed by atoms with Crippen LogP contribution in [-0.4, -0.2) is 55.2 Å². The predicted octanol–water partition coefficient (Wildman–Crippen LogP) is 2.14. The molecule has 0 spiro atoms. The van der Waals surface area contributed by atoms with E-state index in [2.05, 4.69) is 10.1 Å². The van der Waals surface area contributed by atoms with Gasteiger partial charge in [-0.1, -0.05) is 11.6 Å². The summed E-state index contributed by atoms with van der Waals surface area (Å²) in [5.41, 5.74) is -0.280. The van der Waals surface area contributed by atoms with Gasteiger partial charge >= 0.3 is 11.8 Å². The largest absolute Gasteiger partial charge is 0.443 e. The highest BCUT2D eigenvalue weighted by Crippen LogP contribution is 2.41. The number of hydrogen-bond donors (Lipinski definition) is 2. The Morgan fingerprint density at radius 2 is 1.92 bits per heavy atom. The van der Waals surface area contributed by atoms with Gasteiger partial charge in [-0.15, -0.1) is 0 Å². The van der Waals surface area contributed by atoms with E-state index < -0.39 is 38.8 Å². The number of fused-ring (bicyclic) bond motifs is 1. The van der Waals surface area contributed by atoms with E-state index in [1.807, 2.05) is 0 Å². The first-order chi connectivity index (χ1) is 16.7. The second kappa shape index (κ2) is 9.34. The van der Waals surface area contributed by atoms with Crippen molar-refractivity contribution in [2.75, 3.05) is 36.2 Å². The van der Waals surface area contributed by atoms with Gasteiger partial charge in [-0.3, -0.25) is 9.36 Å². The summed E-state index contributed by atoms with van der Waals surface area (Å²) >= 11 is 6.68. The second-order valence-corrected chi connectivity index (χ2v) is 12.5. The van der Waals surface area contributed by atoms with Crippen molar-refractivity contribution in [3.8, 4) is 0 Å². The normalized spacial score (nSPS) is 18.6. The van der Waals surface area contributed by atoms with Crippen molar-refractivity contribution in [2.24, 2.45) is 5.92 Å². The third-order valence-corrected chi connectivity index (χ3v) is 7.04. The van der Waals surface area contributed by atoms with E-state index in [1.165, 1.54) is 4.57 Å². The predicted molar refractivity (Wildman–Crippen MR) is 134 cm³/mol. The fourth-order valence-corrected chi connectivity index (χ4v) is 5.27. The number of sulfonamides is 1. The summed E-state index contributed by atoms with van der Waals surface area (Å²) in [6.45, 7) is 5.87. The molecule has 1 aromatic carbocycles. The number of halogens is 2. The summed E-state index contributed by atoms with van der Waals surface area (Å²) in [4.78, 5) is 40.5. The molecule has 1 atom stereocenters. The smallest absolute Gasteiger partial charge is 0.427 e. The molecule has 1 aliphatic heterocycles. The molecule has 11 nitrogen and oxygen atoms in total. The lowest BCUT2D eigenvalue weighted by Gasteiger charge is -2.24. The van der Waals surface area contributed by atoms with Gasteiger partial charge in [-0.25, -0.2) is 32.5 Å². The summed E-state index contributed by atoms with van der Waals surface area (Å²) in [6, 6.07) is 0.764. The number of hydrogen-bond acceptors (Lipinski definition) is 7. The Kier molecular flexibility index (Phi) is 6.86. The molecule has 36 heavy (non-hydrogen) atoms. The number of nitrogens with one attached hydrogen (secondary N) is 2. The standard InChI is InChI=1S/C22H29ClFN5O6S/c1-22(2,3)35-20(31)26-29-19(30)14-9-15(24)18(16(23)17(14)28(21(29)32)13-5-6-13)27-8-7-12(11-27)10-25-36(4,33)34/h9,12-13,25H,5-8,10-11H2,1-4H3,(H,26,31). The number of carbonyl (C=O) groups excluding carboxylic acids is 1. The number of anilines is 1. The Morgan fingerprint density at radius 1 is 1.25 bits per heavy atom. The Morgan fingerprint density at radius 3 is 2.50 bits per heavy atom. The molecule has 1 unspecified atom stereocenters. The summed E-state index contributed by atoms with van der Waals surface area (Å²) in [6.07, 6.45) is 1.99. The maximum Gasteiger partial charge on any atom is 0.427 e. The molecule has 4 rings (SSSR count). The Balaban J connectivity index is 1.77. The van der Waals surface area contributed by atoms with Crippen LogP contribution in [0.5, 0.6) is 0 Å². The Labute approximate surface area is 212 Å². The topological polar surface area (TPSA) is 132 Å². The lowest BCUT2D eigenvalue weighted by Crippen LogP contribution is -2.48. The molecule has 2 aliphatic rings. The van der Waals surface area contributed by atoms with E-state index >= 15 is 4.39 Å². The number of nitrogens with zero attached hydrogens (tertiary/aromatic N) is 3. The van der Waals surface area contributed by atoms with Crippen LogP contribution in [0.1, 0.15) is 46.1 Å². The van der Waals surface area contributed by atoms with Gasteiger partial charge in [0.25, 0.3) is 5.56 Å². The van der Waals surface area contributed by atoms with Gasteiger partial charge in [-0.05, 0) is 52.0 Å². The molecule has 1 aromatic heterocycles. The first-order valence-corrected chi connectivity index (χ1v) is 13.8. The highest BCUT2D eigenvalue weighted by atomic mass is 35.5. The van der Waals surface area contributed by atoms with Gasteiger partial charge in [0.05, 0.1) is 27.9 Å². The number of carbonyl (C=O) groups is 1. The molecule has 0 bridgehead atoms. The molecular formula is C22H29ClFN5O6S. The quantitative estimate of drug-likeness (QED) is 0.568. The third kappa shape index (κ3) is 5.52. The van der Waals surface area contributed by atoms with Crippen LogP contribution in [-0.2, 0) is 14.8 Å². The molecule has 0 radical (unpaired) electrons. The molecule has 2 heterocycles. The zero-order valence-electron chi connectivity index (χ0n) is 20.4. The molecule has 198 valence electrons. The molecule has 2 aromatic rings. The first-order valence-electron chi connectivity index (χ1n) is 11.5. The minimum Gasteiger partial charge on any atom is -0.443 e. The lowest BCUT2D eigenvalue weighted by molar-refractivity contribution is 0.0610. The average Bonchev–Trinajstić information content (AvgIpc) is 3.46. The molecule has 1 saturated carbocycles. The van der Waals surface area contributed by atoms with Crippen molar-refractivity contribution < 1.29 is 22.3 Å². The fraction of sp³-hybridized carbons (Fsp3) is 0.591. The Bertz CT molecular complexity index is 1440. The maximum atomic E-state index is 15.4. The third-order valence-electron chi connectivity index (χ3n) is 5.99. The summed E-state index contributed by atoms with van der Waals surface area (Å²) in [7, 11) is -3.36. The SMILES string of the molecule is CC(C)(C)OC(=O)Nn1c(=O)c2cc(F)c(N3CCC(CNS(C)(=O)=O)C3)c(Cl)c2n(C2CC2)c1=O. The van der Waals surface area contributed by atoms with Crippen LogP contribution in [0, 0.1) is 11.7 Å². The van der Waals surface area contributed by atoms with Gasteiger partial charge < -0.3 is 9.64 Å². The van der Waals surface area contributed by atoms with Crippen molar-refractivity contribution in [3.05, 3.63) is 37.7 Å². The van der Waals surface area contributed by atoms with E-state index in [1.54, 1.807) is 25.7 Å². The van der Waals surface area contributed by atoms with E-state index in [4.69, 9.17) is 16.3 Å². The van der Waals surface area contributed by atoms with Crippen molar-refractivity contribution in [3.63, 3.8) is 0 Å². The summed E-state index contributed by atoms with van der Waals surface area (Å²) in [5, 5.41) is -0.231. The maximum absolute atomic E-state index is 15.4. The average molecular weight is 546 g/mol. The number of aromatic nitrogens is 2. The molecule has 2 N–H and O–H groups in total. The van der Waals surface area contributed by atoms with Gasteiger partial charge in [-0.2, -0.15) is 4.68 Å². The van der Waals surface area contributed by atoms with Crippen molar-refractivity contribution in [1.29, 1.82) is 0 Å². The van der Waals surface area contributed by atoms with Crippen molar-refractivity contribution >= 4 is 44.3 Å². The number of ether oxygens (including phenoxy) is 1. The van der Waals surface area contributed by atoms with Crippen LogP contribution >= 0.6 is 11.6 Å². The second-order valence-electron chi connectivity index (χ2n) is 10.3. The number of benzene rings is 1. The highest BCUT2D eigenvalue weighted by Gasteiger charge is 2.34. The van der Waals surface area contributed by atoms with Gasteiger partial charge in [0.1, 0.15) is 11.4 Å². The monoisotopic (exact) mass is 545 g/mol. The summed E-state index contributed by atoms with van der Waals surface area (Å²) in [5.74, 6) is -0.825. The molecule has 1 saturated heterocycles. The molecule has 2 fully saturated rings. The van der Waals surface area contributed by atoms with Crippen LogP contribution in [0.4, 0.5) is 14.9 Å². The number of amides is 1. The van der Waals surface area contributed by atoms with Gasteiger partial charge in [0.15, 0.2) is 0 Å². The molecule has 14 heteroatoms. The lowest BCUT2D eigenvalue weighted by atomic mass is 10.1. The minimum absolute atomic E-state index is 0.0528. The van der Waals surface area contributed by atoms with Crippen LogP contribution in [0.25, 0.3) is 10.9 Å². The van der Waals surface area contributed by atoms with Gasteiger partial charge in [0, 0.05) is 25.7 Å². The highest BCUT2D eigenvalue weighted by molar-refractivity contribution is 7.88. The molecule has 1 aliphatic carbocycles. The van der Waals surface area contributed by atoms with Crippen LogP contribution in [0.15, 0.2) is 15.7 Å². The zero-order valence-corrected chi connectivity index (χ0v) is 22.0. The molecular weight excluding hydrogens is 517 g/mol. The number of rotatable bonds is 6. The Hall–Kier alpha value is -2.64. The molecule has 1 amide bonds.